The van der Waals surface area contributed by atoms with E-state index in [4.69, 9.17) is 16.4 Å². The van der Waals surface area contributed by atoms with Gasteiger partial charge in [-0.25, -0.2) is 5.48 Å². The van der Waals surface area contributed by atoms with Gasteiger partial charge in [0.1, 0.15) is 0 Å². The molecule has 9 heteroatoms. The molecule has 0 heterocycles. The molecule has 0 atom stereocenters. The Bertz CT molecular complexity index is 505. The molecule has 0 aliphatic rings. The van der Waals surface area contributed by atoms with Crippen molar-refractivity contribution in [2.24, 2.45) is 0 Å². The number of carbonyl (C=O) groups excluding carboxylic acids is 2. The molecule has 0 bridgehead atoms. The number of benzene rings is 1. The summed E-state index contributed by atoms with van der Waals surface area (Å²) < 4.78 is 39.3. The normalized spacial score (nSPS) is 11.1. The third-order valence-electron chi connectivity index (χ3n) is 2.30. The minimum atomic E-state index is -4.54. The van der Waals surface area contributed by atoms with Crippen LogP contribution < -0.4 is 5.48 Å². The zero-order valence-corrected chi connectivity index (χ0v) is 12.0. The lowest BCUT2D eigenvalue weighted by Gasteiger charge is -2.08. The molecule has 1 amide bonds. The fraction of sp³-hybridized carbons (Fsp3) is 0.385. The van der Waals surface area contributed by atoms with E-state index in [0.717, 1.165) is 0 Å². The summed E-state index contributed by atoms with van der Waals surface area (Å²) in [5.41, 5.74) is 2.46. The molecule has 122 valence electrons. The van der Waals surface area contributed by atoms with Crippen LogP contribution in [0.25, 0.3) is 0 Å². The highest BCUT2D eigenvalue weighted by Crippen LogP contribution is 2.14. The highest BCUT2D eigenvalue weighted by molar-refractivity contribution is 6.30. The second kappa shape index (κ2) is 8.60. The van der Waals surface area contributed by atoms with Crippen molar-refractivity contribution in [1.29, 1.82) is 0 Å². The summed E-state index contributed by atoms with van der Waals surface area (Å²) >= 11 is 5.67. The van der Waals surface area contributed by atoms with Crippen LogP contribution in [0.15, 0.2) is 24.3 Å². The Kier molecular flexibility index (Phi) is 7.13. The fourth-order valence-electron chi connectivity index (χ4n) is 1.30. The maximum Gasteiger partial charge on any atom is 0.422 e. The van der Waals surface area contributed by atoms with Crippen LogP contribution in [-0.4, -0.2) is 31.3 Å². The van der Waals surface area contributed by atoms with Gasteiger partial charge in [0.25, 0.3) is 5.91 Å². The molecule has 0 aliphatic heterocycles. The molecule has 0 radical (unpaired) electrons. The Balaban J connectivity index is 2.14. The molecule has 0 aliphatic carbocycles. The average Bonchev–Trinajstić information content (AvgIpc) is 2.44. The first-order valence-corrected chi connectivity index (χ1v) is 6.56. The van der Waals surface area contributed by atoms with E-state index in [9.17, 15) is 22.8 Å². The number of hydroxylamine groups is 1. The molecule has 1 N–H and O–H groups in total. The Morgan fingerprint density at radius 2 is 1.82 bits per heavy atom. The highest BCUT2D eigenvalue weighted by atomic mass is 35.5. The molecule has 1 aromatic carbocycles. The maximum absolute atomic E-state index is 11.8. The lowest BCUT2D eigenvalue weighted by Crippen LogP contribution is -2.24. The molecule has 0 spiro atoms. The number of hydrogen-bond donors (Lipinski definition) is 1. The van der Waals surface area contributed by atoms with E-state index in [2.05, 4.69) is 10.2 Å². The van der Waals surface area contributed by atoms with Crippen molar-refractivity contribution in [3.8, 4) is 0 Å². The zero-order valence-electron chi connectivity index (χ0n) is 11.3. The van der Waals surface area contributed by atoms with Crippen LogP contribution in [0.1, 0.15) is 23.2 Å². The van der Waals surface area contributed by atoms with Crippen LogP contribution >= 0.6 is 11.6 Å². The molecule has 1 rings (SSSR count). The number of carbonyl (C=O) groups is 2. The summed E-state index contributed by atoms with van der Waals surface area (Å²) in [4.78, 5) is 27.3. The van der Waals surface area contributed by atoms with Gasteiger partial charge in [-0.3, -0.25) is 14.4 Å². The summed E-state index contributed by atoms with van der Waals surface area (Å²) in [7, 11) is 0. The second-order valence-electron chi connectivity index (χ2n) is 4.17. The number of hydrogen-bond acceptors (Lipinski definition) is 4. The van der Waals surface area contributed by atoms with E-state index in [1.54, 1.807) is 0 Å². The van der Waals surface area contributed by atoms with Crippen molar-refractivity contribution in [2.75, 3.05) is 13.2 Å². The van der Waals surface area contributed by atoms with Gasteiger partial charge >= 0.3 is 12.1 Å². The monoisotopic (exact) mass is 339 g/mol. The largest absolute Gasteiger partial charge is 0.456 e. The number of amides is 1. The Morgan fingerprint density at radius 1 is 1.18 bits per heavy atom. The van der Waals surface area contributed by atoms with Gasteiger partial charge in [-0.15, -0.1) is 0 Å². The standard InChI is InChI=1S/C13H13ClF3NO4/c14-10-5-3-9(4-6-10)12(20)18-22-7-1-2-11(19)21-8-13(15,16)17/h3-6H,1-2,7-8H2,(H,18,20). The molecule has 0 unspecified atom stereocenters. The van der Waals surface area contributed by atoms with Crippen molar-refractivity contribution >= 4 is 23.5 Å². The number of esters is 1. The van der Waals surface area contributed by atoms with Gasteiger partial charge in [-0.05, 0) is 30.7 Å². The van der Waals surface area contributed by atoms with Gasteiger partial charge < -0.3 is 4.74 Å². The Labute approximate surface area is 129 Å². The lowest BCUT2D eigenvalue weighted by atomic mass is 10.2. The van der Waals surface area contributed by atoms with Gasteiger partial charge in [-0.1, -0.05) is 11.6 Å². The SMILES string of the molecule is O=C(CCCONC(=O)c1ccc(Cl)cc1)OCC(F)(F)F. The topological polar surface area (TPSA) is 64.6 Å². The molecule has 0 fully saturated rings. The molecule has 5 nitrogen and oxygen atoms in total. The number of alkyl halides is 3. The van der Waals surface area contributed by atoms with Crippen molar-refractivity contribution in [2.45, 2.75) is 19.0 Å². The highest BCUT2D eigenvalue weighted by Gasteiger charge is 2.29. The quantitative estimate of drug-likeness (QED) is 0.471. The maximum atomic E-state index is 11.8. The first-order valence-electron chi connectivity index (χ1n) is 6.18. The Morgan fingerprint density at radius 3 is 2.41 bits per heavy atom. The van der Waals surface area contributed by atoms with E-state index in [0.29, 0.717) is 10.6 Å². The van der Waals surface area contributed by atoms with E-state index in [1.807, 2.05) is 0 Å². The first kappa shape index (κ1) is 18.2. The van der Waals surface area contributed by atoms with E-state index in [1.165, 1.54) is 24.3 Å². The van der Waals surface area contributed by atoms with Crippen molar-refractivity contribution in [3.05, 3.63) is 34.9 Å². The average molecular weight is 340 g/mol. The number of rotatable bonds is 7. The predicted octanol–water partition coefficient (Wildman–Crippen LogP) is 2.89. The summed E-state index contributed by atoms with van der Waals surface area (Å²) in [6.07, 6.45) is -4.68. The molecular weight excluding hydrogens is 327 g/mol. The third-order valence-corrected chi connectivity index (χ3v) is 2.55. The van der Waals surface area contributed by atoms with Crippen molar-refractivity contribution in [3.63, 3.8) is 0 Å². The van der Waals surface area contributed by atoms with Crippen molar-refractivity contribution < 1.29 is 32.3 Å². The number of halogens is 4. The smallest absolute Gasteiger partial charge is 0.422 e. The van der Waals surface area contributed by atoms with E-state index >= 15 is 0 Å². The van der Waals surface area contributed by atoms with Gasteiger partial charge in [0.2, 0.25) is 0 Å². The van der Waals surface area contributed by atoms with Gasteiger partial charge in [0.15, 0.2) is 6.61 Å². The van der Waals surface area contributed by atoms with Crippen LogP contribution in [0.4, 0.5) is 13.2 Å². The van der Waals surface area contributed by atoms with Gasteiger partial charge in [0, 0.05) is 17.0 Å². The molecular formula is C13H13ClF3NO4. The van der Waals surface area contributed by atoms with E-state index in [-0.39, 0.29) is 19.4 Å². The second-order valence-corrected chi connectivity index (χ2v) is 4.60. The minimum absolute atomic E-state index is 0.0412. The molecule has 22 heavy (non-hydrogen) atoms. The lowest BCUT2D eigenvalue weighted by molar-refractivity contribution is -0.186. The fourth-order valence-corrected chi connectivity index (χ4v) is 1.43. The van der Waals surface area contributed by atoms with E-state index < -0.39 is 24.7 Å². The van der Waals surface area contributed by atoms with Crippen LogP contribution in [-0.2, 0) is 14.4 Å². The minimum Gasteiger partial charge on any atom is -0.456 e. The Hall–Kier alpha value is -1.80. The van der Waals surface area contributed by atoms with Crippen LogP contribution in [0, 0.1) is 0 Å². The summed E-state index contributed by atoms with van der Waals surface area (Å²) in [6.45, 7) is -1.65. The molecule has 1 aromatic rings. The van der Waals surface area contributed by atoms with Gasteiger partial charge in [-0.2, -0.15) is 13.2 Å². The molecule has 0 saturated heterocycles. The summed E-state index contributed by atoms with van der Waals surface area (Å²) in [5.74, 6) is -1.48. The number of ether oxygens (including phenoxy) is 1. The predicted molar refractivity (Wildman–Crippen MR) is 71.1 cm³/mol. The summed E-state index contributed by atoms with van der Waals surface area (Å²) in [5, 5.41) is 0.481. The molecule has 0 aromatic heterocycles. The summed E-state index contributed by atoms with van der Waals surface area (Å²) in [6, 6.07) is 6.06. The van der Waals surface area contributed by atoms with Crippen molar-refractivity contribution in [1.82, 2.24) is 5.48 Å². The van der Waals surface area contributed by atoms with Crippen LogP contribution in [0.5, 0.6) is 0 Å². The molecule has 0 saturated carbocycles. The third kappa shape index (κ3) is 7.84. The number of nitrogens with one attached hydrogen (secondary N) is 1. The first-order chi connectivity index (χ1) is 10.3. The zero-order chi connectivity index (χ0) is 16.6. The van der Waals surface area contributed by atoms with Crippen LogP contribution in [0.3, 0.4) is 0 Å². The van der Waals surface area contributed by atoms with Gasteiger partial charge in [0.05, 0.1) is 6.61 Å². The van der Waals surface area contributed by atoms with Crippen LogP contribution in [0.2, 0.25) is 5.02 Å².